The summed E-state index contributed by atoms with van der Waals surface area (Å²) in [6, 6.07) is 7.99. The fourth-order valence-corrected chi connectivity index (χ4v) is 2.73. The van der Waals surface area contributed by atoms with Crippen LogP contribution in [0.3, 0.4) is 0 Å². The van der Waals surface area contributed by atoms with Crippen molar-refractivity contribution in [1.29, 1.82) is 0 Å². The summed E-state index contributed by atoms with van der Waals surface area (Å²) < 4.78 is 5.46. The molecule has 1 atom stereocenters. The van der Waals surface area contributed by atoms with Crippen molar-refractivity contribution in [1.82, 2.24) is 14.9 Å². The molecular weight excluding hydrogens is 266 g/mol. The third-order valence-electron chi connectivity index (χ3n) is 3.84. The lowest BCUT2D eigenvalue weighted by Crippen LogP contribution is -2.44. The molecule has 1 saturated heterocycles. The van der Waals surface area contributed by atoms with Crippen LogP contribution in [0.15, 0.2) is 24.3 Å². The van der Waals surface area contributed by atoms with Gasteiger partial charge in [-0.05, 0) is 25.5 Å². The summed E-state index contributed by atoms with van der Waals surface area (Å²) in [5, 5.41) is 0. The number of aromatic nitrogens is 2. The van der Waals surface area contributed by atoms with Crippen LogP contribution in [-0.2, 0) is 16.0 Å². The van der Waals surface area contributed by atoms with E-state index in [0.29, 0.717) is 26.1 Å². The minimum atomic E-state index is 0.151. The number of benzene rings is 1. The average molecular weight is 287 g/mol. The van der Waals surface area contributed by atoms with E-state index in [1.54, 1.807) is 0 Å². The first kappa shape index (κ1) is 14.1. The number of aromatic amines is 1. The first-order chi connectivity index (χ1) is 10.2. The maximum Gasteiger partial charge on any atom is 0.222 e. The number of carbonyl (C=O) groups excluding carboxylic acids is 1. The van der Waals surface area contributed by atoms with Gasteiger partial charge in [0.05, 0.1) is 23.7 Å². The zero-order valence-electron chi connectivity index (χ0n) is 12.3. The molecule has 0 radical (unpaired) electrons. The van der Waals surface area contributed by atoms with Crippen molar-refractivity contribution in [2.45, 2.75) is 32.3 Å². The highest BCUT2D eigenvalue weighted by Gasteiger charge is 2.20. The minimum Gasteiger partial charge on any atom is -0.375 e. The third kappa shape index (κ3) is 3.42. The van der Waals surface area contributed by atoms with Crippen molar-refractivity contribution < 1.29 is 9.53 Å². The van der Waals surface area contributed by atoms with Crippen LogP contribution < -0.4 is 0 Å². The van der Waals surface area contributed by atoms with Crippen LogP contribution in [-0.4, -0.2) is 46.6 Å². The number of para-hydroxylation sites is 2. The van der Waals surface area contributed by atoms with Crippen LogP contribution in [0.2, 0.25) is 0 Å². The van der Waals surface area contributed by atoms with Crippen molar-refractivity contribution in [3.05, 3.63) is 30.1 Å². The van der Waals surface area contributed by atoms with Gasteiger partial charge in [-0.15, -0.1) is 0 Å². The number of morpholine rings is 1. The molecule has 21 heavy (non-hydrogen) atoms. The van der Waals surface area contributed by atoms with E-state index < -0.39 is 0 Å². The Labute approximate surface area is 124 Å². The molecule has 1 aromatic carbocycles. The number of fused-ring (bicyclic) bond motifs is 1. The topological polar surface area (TPSA) is 58.2 Å². The van der Waals surface area contributed by atoms with Crippen LogP contribution in [0, 0.1) is 0 Å². The lowest BCUT2D eigenvalue weighted by Gasteiger charge is -2.31. The lowest BCUT2D eigenvalue weighted by molar-refractivity contribution is -0.138. The molecule has 1 N–H and O–H groups in total. The van der Waals surface area contributed by atoms with Crippen LogP contribution in [0.4, 0.5) is 0 Å². The predicted molar refractivity (Wildman–Crippen MR) is 81.0 cm³/mol. The van der Waals surface area contributed by atoms with E-state index in [1.807, 2.05) is 36.1 Å². The summed E-state index contributed by atoms with van der Waals surface area (Å²) in [5.74, 6) is 1.18. The molecule has 1 unspecified atom stereocenters. The lowest BCUT2D eigenvalue weighted by atomic mass is 10.2. The summed E-state index contributed by atoms with van der Waals surface area (Å²) >= 11 is 0. The Morgan fingerprint density at radius 1 is 1.48 bits per heavy atom. The molecule has 0 bridgehead atoms. The van der Waals surface area contributed by atoms with E-state index in [9.17, 15) is 4.79 Å². The van der Waals surface area contributed by atoms with Crippen LogP contribution in [0.25, 0.3) is 11.0 Å². The molecule has 2 aromatic rings. The Morgan fingerprint density at radius 2 is 2.33 bits per heavy atom. The molecule has 1 amide bonds. The van der Waals surface area contributed by atoms with Crippen molar-refractivity contribution in [2.75, 3.05) is 19.7 Å². The van der Waals surface area contributed by atoms with E-state index in [2.05, 4.69) is 9.97 Å². The molecular formula is C16H21N3O2. The number of nitrogens with one attached hydrogen (secondary N) is 1. The SMILES string of the molecule is CC1CN(C(=O)CCCc2nc3ccccc3[nH]2)CCO1. The number of imidazole rings is 1. The summed E-state index contributed by atoms with van der Waals surface area (Å²) in [7, 11) is 0. The zero-order chi connectivity index (χ0) is 14.7. The number of H-pyrrole nitrogens is 1. The molecule has 1 aromatic heterocycles. The van der Waals surface area contributed by atoms with E-state index in [4.69, 9.17) is 4.74 Å². The van der Waals surface area contributed by atoms with Gasteiger partial charge in [0.1, 0.15) is 5.82 Å². The van der Waals surface area contributed by atoms with E-state index in [1.165, 1.54) is 0 Å². The monoisotopic (exact) mass is 287 g/mol. The molecule has 5 nitrogen and oxygen atoms in total. The number of amides is 1. The number of ether oxygens (including phenoxy) is 1. The van der Waals surface area contributed by atoms with Crippen LogP contribution >= 0.6 is 0 Å². The fraction of sp³-hybridized carbons (Fsp3) is 0.500. The average Bonchev–Trinajstić information content (AvgIpc) is 2.89. The van der Waals surface area contributed by atoms with E-state index in [-0.39, 0.29) is 12.0 Å². The summed E-state index contributed by atoms with van der Waals surface area (Å²) in [6.45, 7) is 4.08. The molecule has 1 aliphatic rings. The minimum absolute atomic E-state index is 0.151. The quantitative estimate of drug-likeness (QED) is 0.937. The van der Waals surface area contributed by atoms with E-state index in [0.717, 1.165) is 29.7 Å². The summed E-state index contributed by atoms with van der Waals surface area (Å²) in [4.78, 5) is 21.9. The number of carbonyl (C=O) groups is 1. The fourth-order valence-electron chi connectivity index (χ4n) is 2.73. The predicted octanol–water partition coefficient (Wildman–Crippen LogP) is 2.13. The molecule has 5 heteroatoms. The normalized spacial score (nSPS) is 19.1. The third-order valence-corrected chi connectivity index (χ3v) is 3.84. The second kappa shape index (κ2) is 6.26. The molecule has 1 fully saturated rings. The van der Waals surface area contributed by atoms with Gasteiger partial charge in [0.25, 0.3) is 0 Å². The van der Waals surface area contributed by atoms with Crippen molar-refractivity contribution in [3.8, 4) is 0 Å². The number of rotatable bonds is 4. The van der Waals surface area contributed by atoms with Crippen molar-refractivity contribution >= 4 is 16.9 Å². The maximum atomic E-state index is 12.1. The Morgan fingerprint density at radius 3 is 3.14 bits per heavy atom. The smallest absolute Gasteiger partial charge is 0.222 e. The van der Waals surface area contributed by atoms with Gasteiger partial charge in [-0.2, -0.15) is 0 Å². The number of hydrogen-bond acceptors (Lipinski definition) is 3. The molecule has 1 aliphatic heterocycles. The second-order valence-electron chi connectivity index (χ2n) is 5.58. The summed E-state index contributed by atoms with van der Waals surface area (Å²) in [5.41, 5.74) is 2.04. The first-order valence-electron chi connectivity index (χ1n) is 7.55. The van der Waals surface area contributed by atoms with Gasteiger partial charge in [0.2, 0.25) is 5.91 Å². The molecule has 0 saturated carbocycles. The highest BCUT2D eigenvalue weighted by Crippen LogP contribution is 2.13. The van der Waals surface area contributed by atoms with Gasteiger partial charge in [0.15, 0.2) is 0 Å². The molecule has 0 spiro atoms. The van der Waals surface area contributed by atoms with E-state index >= 15 is 0 Å². The maximum absolute atomic E-state index is 12.1. The van der Waals surface area contributed by atoms with Crippen molar-refractivity contribution in [2.24, 2.45) is 0 Å². The largest absolute Gasteiger partial charge is 0.375 e. The molecule has 112 valence electrons. The Bertz CT molecular complexity index is 590. The molecule has 2 heterocycles. The van der Waals surface area contributed by atoms with Gasteiger partial charge in [-0.1, -0.05) is 12.1 Å². The van der Waals surface area contributed by atoms with Crippen molar-refractivity contribution in [3.63, 3.8) is 0 Å². The highest BCUT2D eigenvalue weighted by molar-refractivity contribution is 5.76. The van der Waals surface area contributed by atoms with Crippen LogP contribution in [0.1, 0.15) is 25.6 Å². The van der Waals surface area contributed by atoms with Gasteiger partial charge in [0, 0.05) is 25.9 Å². The number of aryl methyl sites for hydroxylation is 1. The molecule has 3 rings (SSSR count). The zero-order valence-corrected chi connectivity index (χ0v) is 12.3. The summed E-state index contributed by atoms with van der Waals surface area (Å²) in [6.07, 6.45) is 2.35. The second-order valence-corrected chi connectivity index (χ2v) is 5.58. The van der Waals surface area contributed by atoms with Gasteiger partial charge < -0.3 is 14.6 Å². The Kier molecular flexibility index (Phi) is 4.20. The number of nitrogens with zero attached hydrogens (tertiary/aromatic N) is 2. The Hall–Kier alpha value is -1.88. The van der Waals surface area contributed by atoms with Crippen LogP contribution in [0.5, 0.6) is 0 Å². The first-order valence-corrected chi connectivity index (χ1v) is 7.55. The number of hydrogen-bond donors (Lipinski definition) is 1. The van der Waals surface area contributed by atoms with Gasteiger partial charge >= 0.3 is 0 Å². The molecule has 0 aliphatic carbocycles. The van der Waals surface area contributed by atoms with Gasteiger partial charge in [-0.3, -0.25) is 4.79 Å². The standard InChI is InChI=1S/C16H21N3O2/c1-12-11-19(9-10-21-12)16(20)8-4-7-15-17-13-5-2-3-6-14(13)18-15/h2-3,5-6,12H,4,7-11H2,1H3,(H,17,18). The highest BCUT2D eigenvalue weighted by atomic mass is 16.5. The Balaban J connectivity index is 1.50. The van der Waals surface area contributed by atoms with Gasteiger partial charge in [-0.25, -0.2) is 4.98 Å².